The smallest absolute Gasteiger partial charge is 0.225 e. The van der Waals surface area contributed by atoms with Crippen molar-refractivity contribution in [1.82, 2.24) is 0 Å². The molecule has 0 aliphatic rings. The third-order valence-corrected chi connectivity index (χ3v) is 4.64. The predicted molar refractivity (Wildman–Crippen MR) is 96.6 cm³/mol. The van der Waals surface area contributed by atoms with Gasteiger partial charge >= 0.3 is 0 Å². The van der Waals surface area contributed by atoms with E-state index in [0.29, 0.717) is 10.7 Å². The zero-order chi connectivity index (χ0) is 17.1. The summed E-state index contributed by atoms with van der Waals surface area (Å²) in [5.41, 5.74) is 15.2. The fourth-order valence-corrected chi connectivity index (χ4v) is 3.27. The summed E-state index contributed by atoms with van der Waals surface area (Å²) in [7, 11) is 0. The zero-order valence-corrected chi connectivity index (χ0v) is 14.5. The largest absolute Gasteiger partial charge is 0.399 e. The highest BCUT2D eigenvalue weighted by Gasteiger charge is 2.32. The minimum Gasteiger partial charge on any atom is -0.399 e. The van der Waals surface area contributed by atoms with Crippen LogP contribution in [0.2, 0.25) is 5.02 Å². The number of carbonyl (C=O) groups is 1. The van der Waals surface area contributed by atoms with Gasteiger partial charge in [-0.15, -0.1) is 0 Å². The summed E-state index contributed by atoms with van der Waals surface area (Å²) in [5.74, 6) is -0.648. The molecule has 0 spiro atoms. The van der Waals surface area contributed by atoms with E-state index in [2.05, 4.69) is 13.8 Å². The average molecular weight is 331 g/mol. The molecule has 0 aliphatic heterocycles. The molecule has 1 amide bonds. The molecule has 0 radical (unpaired) electrons. The lowest BCUT2D eigenvalue weighted by Crippen LogP contribution is -2.29. The fourth-order valence-electron chi connectivity index (χ4n) is 3.08. The summed E-state index contributed by atoms with van der Waals surface area (Å²) >= 11 is 6.25. The Hall–Kier alpha value is -2.00. The first-order valence-corrected chi connectivity index (χ1v) is 8.10. The van der Waals surface area contributed by atoms with Crippen molar-refractivity contribution in [2.24, 2.45) is 11.7 Å². The summed E-state index contributed by atoms with van der Waals surface area (Å²) in [6, 6.07) is 13.3. The van der Waals surface area contributed by atoms with Crippen molar-refractivity contribution in [2.45, 2.75) is 32.6 Å². The Balaban J connectivity index is 2.55. The number of hydrogen-bond donors (Lipinski definition) is 2. The van der Waals surface area contributed by atoms with Crippen molar-refractivity contribution in [3.63, 3.8) is 0 Å². The van der Waals surface area contributed by atoms with Crippen LogP contribution in [0.1, 0.15) is 42.4 Å². The molecular weight excluding hydrogens is 308 g/mol. The van der Waals surface area contributed by atoms with Crippen LogP contribution in [0.5, 0.6) is 0 Å². The van der Waals surface area contributed by atoms with Crippen LogP contribution < -0.4 is 11.5 Å². The van der Waals surface area contributed by atoms with Gasteiger partial charge in [0, 0.05) is 16.6 Å². The van der Waals surface area contributed by atoms with E-state index >= 15 is 0 Å². The standard InChI is InChI=1S/C19H23ClN2O/c1-11(2)17(13-5-4-6-15(21)9-13)18(19(22)23)14-8-7-12(3)16(20)10-14/h4-11,17-18H,21H2,1-3H3,(H2,22,23). The Labute approximate surface area is 142 Å². The molecule has 3 nitrogen and oxygen atoms in total. The molecule has 0 fully saturated rings. The molecule has 4 heteroatoms. The van der Waals surface area contributed by atoms with Crippen molar-refractivity contribution in [3.8, 4) is 0 Å². The summed E-state index contributed by atoms with van der Waals surface area (Å²) in [6.45, 7) is 6.10. The number of halogens is 1. The Morgan fingerprint density at radius 1 is 1.09 bits per heavy atom. The van der Waals surface area contributed by atoms with Gasteiger partial charge in [0.05, 0.1) is 5.92 Å². The number of rotatable bonds is 5. The molecular formula is C19H23ClN2O. The maximum Gasteiger partial charge on any atom is 0.225 e. The van der Waals surface area contributed by atoms with Crippen LogP contribution in [-0.2, 0) is 4.79 Å². The van der Waals surface area contributed by atoms with Gasteiger partial charge in [-0.25, -0.2) is 0 Å². The Morgan fingerprint density at radius 2 is 1.78 bits per heavy atom. The lowest BCUT2D eigenvalue weighted by atomic mass is 9.74. The third-order valence-electron chi connectivity index (χ3n) is 4.23. The summed E-state index contributed by atoms with van der Waals surface area (Å²) < 4.78 is 0. The van der Waals surface area contributed by atoms with Gasteiger partial charge in [0.15, 0.2) is 0 Å². The number of amides is 1. The summed E-state index contributed by atoms with van der Waals surface area (Å²) in [5, 5.41) is 0.642. The lowest BCUT2D eigenvalue weighted by molar-refractivity contribution is -0.120. The number of carbonyl (C=O) groups excluding carboxylic acids is 1. The maximum atomic E-state index is 12.2. The number of hydrogen-bond acceptors (Lipinski definition) is 2. The van der Waals surface area contributed by atoms with Crippen LogP contribution in [0.15, 0.2) is 42.5 Å². The van der Waals surface area contributed by atoms with E-state index in [1.807, 2.05) is 49.4 Å². The van der Waals surface area contributed by atoms with Crippen LogP contribution >= 0.6 is 11.6 Å². The van der Waals surface area contributed by atoms with Crippen LogP contribution in [0.25, 0.3) is 0 Å². The van der Waals surface area contributed by atoms with Gasteiger partial charge in [0.25, 0.3) is 0 Å². The second-order valence-electron chi connectivity index (χ2n) is 6.33. The molecule has 0 aliphatic carbocycles. The molecule has 2 rings (SSSR count). The fraction of sp³-hybridized carbons (Fsp3) is 0.316. The molecule has 4 N–H and O–H groups in total. The first-order chi connectivity index (χ1) is 10.8. The number of benzene rings is 2. The zero-order valence-electron chi connectivity index (χ0n) is 13.7. The highest BCUT2D eigenvalue weighted by molar-refractivity contribution is 6.31. The molecule has 122 valence electrons. The highest BCUT2D eigenvalue weighted by atomic mass is 35.5. The van der Waals surface area contributed by atoms with E-state index in [1.54, 1.807) is 0 Å². The van der Waals surface area contributed by atoms with Gasteiger partial charge in [-0.05, 0) is 47.7 Å². The molecule has 0 heterocycles. The molecule has 0 bridgehead atoms. The summed E-state index contributed by atoms with van der Waals surface area (Å²) in [6.07, 6.45) is 0. The van der Waals surface area contributed by atoms with Crippen molar-refractivity contribution in [2.75, 3.05) is 5.73 Å². The van der Waals surface area contributed by atoms with E-state index < -0.39 is 5.92 Å². The van der Waals surface area contributed by atoms with Crippen molar-refractivity contribution in [3.05, 3.63) is 64.2 Å². The van der Waals surface area contributed by atoms with Gasteiger partial charge in [-0.1, -0.05) is 49.7 Å². The van der Waals surface area contributed by atoms with E-state index in [0.717, 1.165) is 16.7 Å². The topological polar surface area (TPSA) is 69.1 Å². The third kappa shape index (κ3) is 3.85. The van der Waals surface area contributed by atoms with Crippen LogP contribution in [0.4, 0.5) is 5.69 Å². The Morgan fingerprint density at radius 3 is 2.30 bits per heavy atom. The van der Waals surface area contributed by atoms with Gasteiger partial charge in [-0.3, -0.25) is 4.79 Å². The second-order valence-corrected chi connectivity index (χ2v) is 6.74. The van der Waals surface area contributed by atoms with Crippen molar-refractivity contribution >= 4 is 23.2 Å². The molecule has 2 aromatic carbocycles. The number of primary amides is 1. The lowest BCUT2D eigenvalue weighted by Gasteiger charge is -2.29. The van der Waals surface area contributed by atoms with E-state index in [4.69, 9.17) is 23.1 Å². The first-order valence-electron chi connectivity index (χ1n) is 7.72. The molecule has 0 saturated heterocycles. The van der Waals surface area contributed by atoms with E-state index in [9.17, 15) is 4.79 Å². The van der Waals surface area contributed by atoms with Crippen molar-refractivity contribution in [1.29, 1.82) is 0 Å². The minimum absolute atomic E-state index is 0.0604. The number of anilines is 1. The quantitative estimate of drug-likeness (QED) is 0.805. The number of aryl methyl sites for hydroxylation is 1. The Kier molecular flexibility index (Phi) is 5.32. The molecule has 2 atom stereocenters. The SMILES string of the molecule is Cc1ccc(C(C(N)=O)C(c2cccc(N)c2)C(C)C)cc1Cl. The molecule has 23 heavy (non-hydrogen) atoms. The van der Waals surface area contributed by atoms with Gasteiger partial charge < -0.3 is 11.5 Å². The number of nitrogens with two attached hydrogens (primary N) is 2. The molecule has 2 unspecified atom stereocenters. The highest BCUT2D eigenvalue weighted by Crippen LogP contribution is 2.40. The summed E-state index contributed by atoms with van der Waals surface area (Å²) in [4.78, 5) is 12.2. The number of nitrogen functional groups attached to an aromatic ring is 1. The predicted octanol–water partition coefficient (Wildman–Crippen LogP) is 4.24. The second kappa shape index (κ2) is 7.05. The van der Waals surface area contributed by atoms with Gasteiger partial charge in [0.2, 0.25) is 5.91 Å². The Bertz CT molecular complexity index is 712. The van der Waals surface area contributed by atoms with E-state index in [1.165, 1.54) is 0 Å². The monoisotopic (exact) mass is 330 g/mol. The first kappa shape index (κ1) is 17.4. The van der Waals surface area contributed by atoms with Crippen LogP contribution in [0, 0.1) is 12.8 Å². The van der Waals surface area contributed by atoms with Gasteiger partial charge in [0.1, 0.15) is 0 Å². The van der Waals surface area contributed by atoms with E-state index in [-0.39, 0.29) is 17.7 Å². The maximum absolute atomic E-state index is 12.2. The molecule has 0 aromatic heterocycles. The van der Waals surface area contributed by atoms with Crippen LogP contribution in [-0.4, -0.2) is 5.91 Å². The normalized spacial score (nSPS) is 13.8. The van der Waals surface area contributed by atoms with Crippen LogP contribution in [0.3, 0.4) is 0 Å². The molecule has 0 saturated carbocycles. The van der Waals surface area contributed by atoms with Gasteiger partial charge in [-0.2, -0.15) is 0 Å². The molecule has 2 aromatic rings. The van der Waals surface area contributed by atoms with Crippen molar-refractivity contribution < 1.29 is 4.79 Å². The average Bonchev–Trinajstić information content (AvgIpc) is 2.47. The minimum atomic E-state index is -0.449.